The van der Waals surface area contributed by atoms with Crippen LogP contribution in [0.4, 0.5) is 0 Å². The first-order chi connectivity index (χ1) is 13.5. The summed E-state index contributed by atoms with van der Waals surface area (Å²) in [5, 5.41) is 0. The fourth-order valence-electron chi connectivity index (χ4n) is 3.33. The lowest BCUT2D eigenvalue weighted by Crippen LogP contribution is -2.40. The number of carbonyl (C=O) groups excluding carboxylic acids is 2. The van der Waals surface area contributed by atoms with Gasteiger partial charge in [0.15, 0.2) is 5.52 Å². The van der Waals surface area contributed by atoms with Crippen LogP contribution in [0.1, 0.15) is 49.2 Å². The SMILES string of the molecule is CCCCn1c(=O)[nH]c2c(C(=O)N3CCC(C(=O)OCC)CC3)snc2c1=O. The van der Waals surface area contributed by atoms with E-state index in [1.807, 2.05) is 6.92 Å². The molecule has 0 atom stereocenters. The molecule has 0 saturated carbocycles. The van der Waals surface area contributed by atoms with Gasteiger partial charge in [0.25, 0.3) is 11.5 Å². The number of fused-ring (bicyclic) bond motifs is 1. The molecular formula is C18H24N4O5S. The van der Waals surface area contributed by atoms with Crippen LogP contribution in [-0.2, 0) is 16.1 Å². The molecule has 3 heterocycles. The highest BCUT2D eigenvalue weighted by atomic mass is 32.1. The molecule has 1 saturated heterocycles. The van der Waals surface area contributed by atoms with E-state index in [0.29, 0.717) is 45.5 Å². The quantitative estimate of drug-likeness (QED) is 0.722. The van der Waals surface area contributed by atoms with Crippen LogP contribution in [-0.4, -0.2) is 50.4 Å². The van der Waals surface area contributed by atoms with Crippen molar-refractivity contribution in [2.75, 3.05) is 19.7 Å². The molecule has 1 N–H and O–H groups in total. The van der Waals surface area contributed by atoms with Crippen LogP contribution in [0.25, 0.3) is 11.0 Å². The van der Waals surface area contributed by atoms with Gasteiger partial charge in [-0.25, -0.2) is 4.79 Å². The molecule has 1 aliphatic rings. The minimum atomic E-state index is -0.527. The lowest BCUT2D eigenvalue weighted by atomic mass is 9.97. The van der Waals surface area contributed by atoms with Crippen LogP contribution < -0.4 is 11.2 Å². The molecule has 0 aromatic carbocycles. The van der Waals surface area contributed by atoms with Crippen LogP contribution in [0.2, 0.25) is 0 Å². The van der Waals surface area contributed by atoms with E-state index in [9.17, 15) is 19.2 Å². The zero-order chi connectivity index (χ0) is 20.3. The Labute approximate surface area is 165 Å². The second kappa shape index (κ2) is 8.68. The van der Waals surface area contributed by atoms with Gasteiger partial charge >= 0.3 is 11.7 Å². The molecule has 0 aliphatic carbocycles. The molecule has 9 nitrogen and oxygen atoms in total. The van der Waals surface area contributed by atoms with E-state index in [-0.39, 0.29) is 33.7 Å². The van der Waals surface area contributed by atoms with Crippen LogP contribution in [0.3, 0.4) is 0 Å². The highest BCUT2D eigenvalue weighted by molar-refractivity contribution is 7.09. The Hall–Kier alpha value is -2.49. The van der Waals surface area contributed by atoms with Gasteiger partial charge in [-0.3, -0.25) is 19.0 Å². The number of hydrogen-bond acceptors (Lipinski definition) is 7. The van der Waals surface area contributed by atoms with Gasteiger partial charge in [-0.1, -0.05) is 13.3 Å². The second-order valence-corrected chi connectivity index (χ2v) is 7.57. The van der Waals surface area contributed by atoms with Gasteiger partial charge in [-0.2, -0.15) is 4.37 Å². The number of carbonyl (C=O) groups is 2. The fourth-order valence-corrected chi connectivity index (χ4v) is 4.13. The van der Waals surface area contributed by atoms with Crippen LogP contribution in [0.15, 0.2) is 9.59 Å². The molecule has 1 fully saturated rings. The number of amides is 1. The van der Waals surface area contributed by atoms with Gasteiger partial charge in [-0.05, 0) is 37.7 Å². The van der Waals surface area contributed by atoms with E-state index in [2.05, 4.69) is 9.36 Å². The van der Waals surface area contributed by atoms with Crippen molar-refractivity contribution in [1.29, 1.82) is 0 Å². The van der Waals surface area contributed by atoms with Crippen LogP contribution in [0.5, 0.6) is 0 Å². The van der Waals surface area contributed by atoms with E-state index < -0.39 is 11.2 Å². The number of nitrogens with one attached hydrogen (secondary N) is 1. The van der Waals surface area contributed by atoms with Crippen molar-refractivity contribution >= 4 is 34.4 Å². The Balaban J connectivity index is 1.81. The number of likely N-dealkylation sites (tertiary alicyclic amines) is 1. The Morgan fingerprint density at radius 2 is 1.96 bits per heavy atom. The summed E-state index contributed by atoms with van der Waals surface area (Å²) in [7, 11) is 0. The lowest BCUT2D eigenvalue weighted by Gasteiger charge is -2.30. The van der Waals surface area contributed by atoms with E-state index in [1.165, 1.54) is 0 Å². The first kappa shape index (κ1) is 20.2. The number of ether oxygens (including phenoxy) is 1. The average molecular weight is 408 g/mol. The van der Waals surface area contributed by atoms with Gasteiger partial charge in [0.05, 0.1) is 18.0 Å². The van der Waals surface area contributed by atoms with E-state index in [0.717, 1.165) is 22.5 Å². The number of aromatic nitrogens is 3. The van der Waals surface area contributed by atoms with E-state index in [1.54, 1.807) is 11.8 Å². The minimum Gasteiger partial charge on any atom is -0.466 e. The highest BCUT2D eigenvalue weighted by Crippen LogP contribution is 2.24. The number of hydrogen-bond donors (Lipinski definition) is 1. The number of esters is 1. The van der Waals surface area contributed by atoms with Crippen molar-refractivity contribution in [1.82, 2.24) is 18.8 Å². The number of rotatable bonds is 6. The summed E-state index contributed by atoms with van der Waals surface area (Å²) in [5.41, 5.74) is -0.680. The number of unbranched alkanes of at least 4 members (excludes halogenated alkanes) is 1. The van der Waals surface area contributed by atoms with Crippen molar-refractivity contribution in [2.45, 2.75) is 46.1 Å². The largest absolute Gasteiger partial charge is 0.466 e. The summed E-state index contributed by atoms with van der Waals surface area (Å²) in [6, 6.07) is 0. The maximum Gasteiger partial charge on any atom is 0.328 e. The number of H-pyrrole nitrogens is 1. The molecule has 10 heteroatoms. The zero-order valence-electron chi connectivity index (χ0n) is 16.0. The topological polar surface area (TPSA) is 114 Å². The molecule has 1 amide bonds. The average Bonchev–Trinajstić information content (AvgIpc) is 3.11. The highest BCUT2D eigenvalue weighted by Gasteiger charge is 2.30. The van der Waals surface area contributed by atoms with Crippen LogP contribution in [0, 0.1) is 5.92 Å². The molecule has 1 aliphatic heterocycles. The Morgan fingerprint density at radius 1 is 1.25 bits per heavy atom. The van der Waals surface area contributed by atoms with Crippen molar-refractivity contribution in [3.63, 3.8) is 0 Å². The first-order valence-corrected chi connectivity index (χ1v) is 10.3. The monoisotopic (exact) mass is 408 g/mol. The Bertz CT molecular complexity index is 984. The number of piperidine rings is 1. The molecule has 2 aromatic rings. The maximum atomic E-state index is 12.9. The third-order valence-corrected chi connectivity index (χ3v) is 5.78. The molecular weight excluding hydrogens is 384 g/mol. The van der Waals surface area contributed by atoms with Crippen molar-refractivity contribution in [3.8, 4) is 0 Å². The summed E-state index contributed by atoms with van der Waals surface area (Å²) in [4.78, 5) is 54.1. The van der Waals surface area contributed by atoms with E-state index >= 15 is 0 Å². The van der Waals surface area contributed by atoms with Gasteiger partial charge in [0.2, 0.25) is 0 Å². The van der Waals surface area contributed by atoms with Gasteiger partial charge in [-0.15, -0.1) is 0 Å². The van der Waals surface area contributed by atoms with Gasteiger partial charge in [0.1, 0.15) is 4.88 Å². The standard InChI is InChI=1S/C18H24N4O5S/c1-3-5-8-22-15(23)13-12(19-18(22)26)14(28-20-13)16(24)21-9-6-11(7-10-21)17(25)27-4-2/h11H,3-10H2,1-2H3,(H,19,26). The van der Waals surface area contributed by atoms with Crippen molar-refractivity contribution in [3.05, 3.63) is 25.7 Å². The van der Waals surface area contributed by atoms with E-state index in [4.69, 9.17) is 4.74 Å². The third kappa shape index (κ3) is 3.87. The summed E-state index contributed by atoms with van der Waals surface area (Å²) < 4.78 is 10.3. The van der Waals surface area contributed by atoms with Crippen molar-refractivity contribution < 1.29 is 14.3 Å². The number of aromatic amines is 1. The minimum absolute atomic E-state index is 0.116. The predicted octanol–water partition coefficient (Wildman–Crippen LogP) is 1.36. The smallest absolute Gasteiger partial charge is 0.328 e. The molecule has 0 spiro atoms. The summed E-state index contributed by atoms with van der Waals surface area (Å²) in [5.74, 6) is -0.709. The summed E-state index contributed by atoms with van der Waals surface area (Å²) in [6.45, 7) is 5.24. The molecule has 28 heavy (non-hydrogen) atoms. The Kier molecular flexibility index (Phi) is 6.28. The van der Waals surface area contributed by atoms with Crippen LogP contribution >= 0.6 is 11.5 Å². The predicted molar refractivity (Wildman–Crippen MR) is 105 cm³/mol. The van der Waals surface area contributed by atoms with Gasteiger partial charge in [0, 0.05) is 19.6 Å². The molecule has 2 aromatic heterocycles. The lowest BCUT2D eigenvalue weighted by molar-refractivity contribution is -0.149. The molecule has 152 valence electrons. The van der Waals surface area contributed by atoms with Gasteiger partial charge < -0.3 is 14.6 Å². The summed E-state index contributed by atoms with van der Waals surface area (Å²) in [6.07, 6.45) is 2.62. The molecule has 3 rings (SSSR count). The Morgan fingerprint density at radius 3 is 2.61 bits per heavy atom. The molecule has 0 radical (unpaired) electrons. The van der Waals surface area contributed by atoms with Crippen molar-refractivity contribution in [2.24, 2.45) is 5.92 Å². The number of nitrogens with zero attached hydrogens (tertiary/aromatic N) is 3. The third-order valence-electron chi connectivity index (χ3n) is 4.95. The molecule has 0 bridgehead atoms. The zero-order valence-corrected chi connectivity index (χ0v) is 16.8. The maximum absolute atomic E-state index is 12.9. The second-order valence-electron chi connectivity index (χ2n) is 6.79. The summed E-state index contributed by atoms with van der Waals surface area (Å²) >= 11 is 0.919. The normalized spacial score (nSPS) is 15.1. The molecule has 0 unspecified atom stereocenters. The fraction of sp³-hybridized carbons (Fsp3) is 0.611. The first-order valence-electron chi connectivity index (χ1n) is 9.56.